The first kappa shape index (κ1) is 20.0. The third kappa shape index (κ3) is 6.47. The Morgan fingerprint density at radius 2 is 1.26 bits per heavy atom. The Hall–Kier alpha value is -3.35. The number of carbonyl (C=O) groups excluding carboxylic acids is 3. The maximum absolute atomic E-state index is 12.0. The van der Waals surface area contributed by atoms with Gasteiger partial charge in [0.15, 0.2) is 0 Å². The largest absolute Gasteiger partial charge is 0.376 e. The monoisotopic (exact) mass is 368 g/mol. The van der Waals surface area contributed by atoms with Crippen LogP contribution in [0.25, 0.3) is 0 Å². The van der Waals surface area contributed by atoms with E-state index in [0.29, 0.717) is 29.9 Å². The van der Waals surface area contributed by atoms with Crippen LogP contribution in [0.1, 0.15) is 30.6 Å². The van der Waals surface area contributed by atoms with Gasteiger partial charge in [0, 0.05) is 35.6 Å². The van der Waals surface area contributed by atoms with Crippen LogP contribution in [0.5, 0.6) is 0 Å². The molecule has 7 heteroatoms. The van der Waals surface area contributed by atoms with Crippen LogP contribution in [0.2, 0.25) is 0 Å². The predicted octanol–water partition coefficient (Wildman–Crippen LogP) is 2.84. The molecule has 4 N–H and O–H groups in total. The predicted molar refractivity (Wildman–Crippen MR) is 107 cm³/mol. The van der Waals surface area contributed by atoms with Gasteiger partial charge in [-0.2, -0.15) is 0 Å². The molecule has 2 aromatic rings. The molecule has 0 unspecified atom stereocenters. The zero-order valence-electron chi connectivity index (χ0n) is 15.5. The molecular formula is C20H24N4O3. The average Bonchev–Trinajstić information content (AvgIpc) is 2.68. The number of benzene rings is 2. The Morgan fingerprint density at radius 3 is 1.78 bits per heavy atom. The van der Waals surface area contributed by atoms with Gasteiger partial charge >= 0.3 is 0 Å². The van der Waals surface area contributed by atoms with Crippen LogP contribution in [0.4, 0.5) is 17.1 Å². The number of carbonyl (C=O) groups is 3. The summed E-state index contributed by atoms with van der Waals surface area (Å²) in [6.45, 7) is 4.31. The van der Waals surface area contributed by atoms with E-state index < -0.39 is 0 Å². The minimum absolute atomic E-state index is 0.0609. The molecule has 3 amide bonds. The molecule has 0 saturated carbocycles. The first-order valence-electron chi connectivity index (χ1n) is 8.83. The highest BCUT2D eigenvalue weighted by molar-refractivity contribution is 5.96. The quantitative estimate of drug-likeness (QED) is 0.576. The molecule has 0 aliphatic rings. The smallest absolute Gasteiger partial charge is 0.251 e. The summed E-state index contributed by atoms with van der Waals surface area (Å²) in [7, 11) is 0. The zero-order valence-corrected chi connectivity index (χ0v) is 15.5. The summed E-state index contributed by atoms with van der Waals surface area (Å²) < 4.78 is 0. The molecule has 0 aliphatic heterocycles. The van der Waals surface area contributed by atoms with Gasteiger partial charge in [-0.3, -0.25) is 14.4 Å². The van der Waals surface area contributed by atoms with Crippen molar-refractivity contribution in [1.29, 1.82) is 0 Å². The lowest BCUT2D eigenvalue weighted by atomic mass is 10.2. The lowest BCUT2D eigenvalue weighted by molar-refractivity contribution is -0.116. The fourth-order valence-corrected chi connectivity index (χ4v) is 2.28. The van der Waals surface area contributed by atoms with Gasteiger partial charge in [0.05, 0.1) is 6.54 Å². The second-order valence-electron chi connectivity index (χ2n) is 5.82. The highest BCUT2D eigenvalue weighted by Gasteiger charge is 2.06. The van der Waals surface area contributed by atoms with Gasteiger partial charge in [-0.15, -0.1) is 0 Å². The molecular weight excluding hydrogens is 344 g/mol. The summed E-state index contributed by atoms with van der Waals surface area (Å²) in [6, 6.07) is 13.8. The van der Waals surface area contributed by atoms with Crippen molar-refractivity contribution in [1.82, 2.24) is 5.32 Å². The minimum Gasteiger partial charge on any atom is -0.376 e. The second kappa shape index (κ2) is 9.96. The molecule has 0 saturated heterocycles. The van der Waals surface area contributed by atoms with E-state index in [1.54, 1.807) is 55.5 Å². The summed E-state index contributed by atoms with van der Waals surface area (Å²) in [6.07, 6.45) is 0.411. The lowest BCUT2D eigenvalue weighted by Crippen LogP contribution is -2.23. The van der Waals surface area contributed by atoms with E-state index >= 15 is 0 Å². The average molecular weight is 368 g/mol. The maximum atomic E-state index is 12.0. The Bertz CT molecular complexity index is 786. The van der Waals surface area contributed by atoms with Gasteiger partial charge in [-0.1, -0.05) is 6.92 Å². The molecule has 2 rings (SSSR count). The standard InChI is InChI=1S/C20H24N4O3/c1-3-18(25)23-16-9-11-17(12-10-16)24-19(26)13-22-15-7-5-14(6-8-15)20(27)21-4-2/h5-12,22H,3-4,13H2,1-2H3,(H,21,27)(H,23,25)(H,24,26). The van der Waals surface area contributed by atoms with Crippen molar-refractivity contribution >= 4 is 34.8 Å². The molecule has 142 valence electrons. The Balaban J connectivity index is 1.82. The van der Waals surface area contributed by atoms with Crippen LogP contribution in [-0.2, 0) is 9.59 Å². The fraction of sp³-hybridized carbons (Fsp3) is 0.250. The molecule has 0 bridgehead atoms. The third-order valence-corrected chi connectivity index (χ3v) is 3.71. The molecule has 0 radical (unpaired) electrons. The highest BCUT2D eigenvalue weighted by atomic mass is 16.2. The third-order valence-electron chi connectivity index (χ3n) is 3.71. The number of hydrogen-bond donors (Lipinski definition) is 4. The van der Waals surface area contributed by atoms with Gasteiger partial charge in [-0.25, -0.2) is 0 Å². The van der Waals surface area contributed by atoms with Crippen LogP contribution in [0.3, 0.4) is 0 Å². The number of nitrogens with one attached hydrogen (secondary N) is 4. The zero-order chi connectivity index (χ0) is 19.6. The number of amides is 3. The van der Waals surface area contributed by atoms with Crippen molar-refractivity contribution in [3.8, 4) is 0 Å². The van der Waals surface area contributed by atoms with Crippen LogP contribution in [0.15, 0.2) is 48.5 Å². The summed E-state index contributed by atoms with van der Waals surface area (Å²) in [5, 5.41) is 11.3. The van der Waals surface area contributed by atoms with Crippen molar-refractivity contribution in [2.24, 2.45) is 0 Å². The van der Waals surface area contributed by atoms with Gasteiger partial charge in [-0.05, 0) is 55.5 Å². The van der Waals surface area contributed by atoms with Crippen LogP contribution in [-0.4, -0.2) is 30.8 Å². The molecule has 0 aliphatic carbocycles. The van der Waals surface area contributed by atoms with Gasteiger partial charge in [0.1, 0.15) is 0 Å². The van der Waals surface area contributed by atoms with Crippen LogP contribution < -0.4 is 21.3 Å². The Kier molecular flexibility index (Phi) is 7.37. The molecule has 0 spiro atoms. The summed E-state index contributed by atoms with van der Waals surface area (Å²) in [5.41, 5.74) is 2.64. The second-order valence-corrected chi connectivity index (χ2v) is 5.82. The molecule has 0 aromatic heterocycles. The molecule has 0 fully saturated rings. The first-order valence-corrected chi connectivity index (χ1v) is 8.83. The fourth-order valence-electron chi connectivity index (χ4n) is 2.28. The van der Waals surface area contributed by atoms with Gasteiger partial charge < -0.3 is 21.3 Å². The van der Waals surface area contributed by atoms with E-state index in [0.717, 1.165) is 5.69 Å². The first-order chi connectivity index (χ1) is 13.0. The SMILES string of the molecule is CCNC(=O)c1ccc(NCC(=O)Nc2ccc(NC(=O)CC)cc2)cc1. The van der Waals surface area contributed by atoms with Crippen molar-refractivity contribution < 1.29 is 14.4 Å². The normalized spacial score (nSPS) is 10.0. The van der Waals surface area contributed by atoms with Crippen LogP contribution >= 0.6 is 0 Å². The number of hydrogen-bond acceptors (Lipinski definition) is 4. The molecule has 0 heterocycles. The van der Waals surface area contributed by atoms with E-state index in [9.17, 15) is 14.4 Å². The van der Waals surface area contributed by atoms with Crippen molar-refractivity contribution in [3.63, 3.8) is 0 Å². The van der Waals surface area contributed by atoms with Gasteiger partial charge in [0.25, 0.3) is 5.91 Å². The molecule has 2 aromatic carbocycles. The van der Waals surface area contributed by atoms with Crippen molar-refractivity contribution in [2.75, 3.05) is 29.0 Å². The van der Waals surface area contributed by atoms with E-state index in [2.05, 4.69) is 21.3 Å². The molecule has 7 nitrogen and oxygen atoms in total. The van der Waals surface area contributed by atoms with Crippen LogP contribution in [0, 0.1) is 0 Å². The van der Waals surface area contributed by atoms with Crippen molar-refractivity contribution in [3.05, 3.63) is 54.1 Å². The highest BCUT2D eigenvalue weighted by Crippen LogP contribution is 2.14. The number of rotatable bonds is 8. The van der Waals surface area contributed by atoms with Crippen molar-refractivity contribution in [2.45, 2.75) is 20.3 Å². The molecule has 0 atom stereocenters. The summed E-state index contributed by atoms with van der Waals surface area (Å²) >= 11 is 0. The number of anilines is 3. The van der Waals surface area contributed by atoms with E-state index in [4.69, 9.17) is 0 Å². The van der Waals surface area contributed by atoms with E-state index in [-0.39, 0.29) is 24.3 Å². The topological polar surface area (TPSA) is 99.3 Å². The summed E-state index contributed by atoms with van der Waals surface area (Å²) in [4.78, 5) is 35.1. The van der Waals surface area contributed by atoms with Gasteiger partial charge in [0.2, 0.25) is 11.8 Å². The lowest BCUT2D eigenvalue weighted by Gasteiger charge is -2.09. The molecule has 27 heavy (non-hydrogen) atoms. The Morgan fingerprint density at radius 1 is 0.741 bits per heavy atom. The maximum Gasteiger partial charge on any atom is 0.251 e. The van der Waals surface area contributed by atoms with E-state index in [1.807, 2.05) is 6.92 Å². The Labute approximate surface area is 158 Å². The van der Waals surface area contributed by atoms with E-state index in [1.165, 1.54) is 0 Å². The summed E-state index contributed by atoms with van der Waals surface area (Å²) in [5.74, 6) is -0.386. The minimum atomic E-state index is -0.201.